The SMILES string of the molecule is CCCCCCCCCCCCCCCCCC(=O)OCC1OC(OC2C(OC(=O)CCCCCCCCCCCCCCC)C(O)C(O)C(OC3OC(CO)C(O)C(O)C3O)C2OP(=O)(O)OCC(COC(=O)CCCCCCCCC(C)CCCCCCCC)OC(=O)CCCCCCCCCCCCCCCCC)C(O)C(O)C1O. The van der Waals surface area contributed by atoms with Crippen LogP contribution in [-0.4, -0.2) is 205 Å². The lowest BCUT2D eigenvalue weighted by Gasteiger charge is -2.50. The molecule has 19 atom stereocenters. The maximum absolute atomic E-state index is 14.9. The Bertz CT molecular complexity index is 2470. The smallest absolute Gasteiger partial charge is 0.463 e. The van der Waals surface area contributed by atoms with Crippen LogP contribution in [0.5, 0.6) is 0 Å². The molecular formula is C92H173O25P. The van der Waals surface area contributed by atoms with E-state index in [0.29, 0.717) is 38.0 Å². The lowest BCUT2D eigenvalue weighted by Crippen LogP contribution is -2.70. The average Bonchev–Trinajstić information content (AvgIpc) is 0.754. The Hall–Kier alpha value is -2.53. The summed E-state index contributed by atoms with van der Waals surface area (Å²) in [5, 5.41) is 102. The van der Waals surface area contributed by atoms with Crippen LogP contribution in [-0.2, 0) is 70.7 Å². The fraction of sp³-hybridized carbons (Fsp3) is 0.957. The van der Waals surface area contributed by atoms with Crippen molar-refractivity contribution in [1.82, 2.24) is 0 Å². The van der Waals surface area contributed by atoms with Gasteiger partial charge in [0.15, 0.2) is 24.8 Å². The van der Waals surface area contributed by atoms with Gasteiger partial charge in [-0.2, -0.15) is 0 Å². The van der Waals surface area contributed by atoms with Gasteiger partial charge in [0.1, 0.15) is 92.6 Å². The molecule has 2 heterocycles. The van der Waals surface area contributed by atoms with Crippen LogP contribution in [0.25, 0.3) is 0 Å². The van der Waals surface area contributed by atoms with Crippen molar-refractivity contribution in [2.75, 3.05) is 26.4 Å². The molecule has 0 bridgehead atoms. The van der Waals surface area contributed by atoms with Crippen molar-refractivity contribution in [3.8, 4) is 0 Å². The summed E-state index contributed by atoms with van der Waals surface area (Å²) in [5.41, 5.74) is 0. The molecule has 19 unspecified atom stereocenters. The standard InChI is InChI=1S/C92H173O25P/c1-6-10-14-18-22-25-28-31-33-36-38-41-44-51-58-64-76(95)109-70-74-80(99)82(101)86(105)92(113-74)116-89-87(114-78(97)66-60-54-46-43-39-35-30-27-24-20-16-12-8-3)83(102)84(103)88(115-91-85(104)81(100)79(98)73(67-93)112-91)90(89)117-118(106,107)110-69-72(111-77(96)65-59-53-45-42-40-37-34-32-29-26-23-19-15-11-7-2)68-108-75(94)63-57-52-48-47-50-56-62-71(5)61-55-49-21-17-13-9-4/h71-74,79-93,98-105H,6-70H2,1-5H3,(H,106,107). The zero-order valence-electron chi connectivity index (χ0n) is 74.4. The van der Waals surface area contributed by atoms with Crippen LogP contribution < -0.4 is 0 Å². The fourth-order valence-corrected chi connectivity index (χ4v) is 17.2. The first kappa shape index (κ1) is 110. The molecule has 3 rings (SSSR count). The second kappa shape index (κ2) is 70.6. The molecule has 118 heavy (non-hydrogen) atoms. The molecule has 10 N–H and O–H groups in total. The van der Waals surface area contributed by atoms with Crippen molar-refractivity contribution in [3.05, 3.63) is 0 Å². The van der Waals surface area contributed by atoms with Gasteiger partial charge >= 0.3 is 31.7 Å². The van der Waals surface area contributed by atoms with Gasteiger partial charge in [-0.25, -0.2) is 4.57 Å². The second-order valence-corrected chi connectivity index (χ2v) is 36.3. The Morgan fingerprint density at radius 2 is 0.636 bits per heavy atom. The van der Waals surface area contributed by atoms with Gasteiger partial charge in [-0.05, 0) is 31.6 Å². The molecule has 0 aromatic rings. The van der Waals surface area contributed by atoms with Crippen LogP contribution in [0.4, 0.5) is 0 Å². The van der Waals surface area contributed by atoms with E-state index in [1.807, 2.05) is 0 Å². The monoisotopic (exact) mass is 1710 g/mol. The van der Waals surface area contributed by atoms with Gasteiger partial charge < -0.3 is 88.7 Å². The molecule has 1 saturated carbocycles. The number of carbonyl (C=O) groups excluding carboxylic acids is 4. The first-order chi connectivity index (χ1) is 57.1. The van der Waals surface area contributed by atoms with Crippen molar-refractivity contribution in [1.29, 1.82) is 0 Å². The predicted molar refractivity (Wildman–Crippen MR) is 458 cm³/mol. The highest BCUT2D eigenvalue weighted by molar-refractivity contribution is 7.47. The minimum absolute atomic E-state index is 0.0199. The Morgan fingerprint density at radius 1 is 0.331 bits per heavy atom. The van der Waals surface area contributed by atoms with Gasteiger partial charge in [0, 0.05) is 25.7 Å². The number of hydrogen-bond donors (Lipinski definition) is 10. The number of rotatable bonds is 78. The van der Waals surface area contributed by atoms with Crippen LogP contribution >= 0.6 is 7.82 Å². The Labute approximate surface area is 712 Å². The molecule has 2 saturated heterocycles. The van der Waals surface area contributed by atoms with Crippen molar-refractivity contribution in [3.63, 3.8) is 0 Å². The molecule has 1 aliphatic carbocycles. The maximum Gasteiger partial charge on any atom is 0.472 e. The molecule has 0 radical (unpaired) electrons. The van der Waals surface area contributed by atoms with E-state index in [2.05, 4.69) is 34.6 Å². The maximum atomic E-state index is 14.9. The number of phosphoric ester groups is 1. The number of aliphatic hydroxyl groups excluding tert-OH is 9. The van der Waals surface area contributed by atoms with Crippen LogP contribution in [0.2, 0.25) is 0 Å². The van der Waals surface area contributed by atoms with E-state index in [9.17, 15) is 74.6 Å². The lowest BCUT2D eigenvalue weighted by atomic mass is 9.84. The minimum Gasteiger partial charge on any atom is -0.463 e. The Kier molecular flexibility index (Phi) is 65.6. The third-order valence-corrected chi connectivity index (χ3v) is 25.0. The van der Waals surface area contributed by atoms with E-state index in [1.54, 1.807) is 0 Å². The first-order valence-corrected chi connectivity index (χ1v) is 49.7. The third kappa shape index (κ3) is 50.6. The molecule has 0 aromatic carbocycles. The van der Waals surface area contributed by atoms with Crippen molar-refractivity contribution >= 4 is 31.7 Å². The quantitative estimate of drug-likeness (QED) is 0.0117. The fourth-order valence-electron chi connectivity index (χ4n) is 16.3. The molecule has 0 aromatic heterocycles. The van der Waals surface area contributed by atoms with E-state index >= 15 is 0 Å². The lowest BCUT2D eigenvalue weighted by molar-refractivity contribution is -0.360. The normalized spacial score (nSPS) is 25.1. The summed E-state index contributed by atoms with van der Waals surface area (Å²) in [4.78, 5) is 66.6. The largest absolute Gasteiger partial charge is 0.472 e. The predicted octanol–water partition coefficient (Wildman–Crippen LogP) is 18.0. The Balaban J connectivity index is 1.91. The summed E-state index contributed by atoms with van der Waals surface area (Å²) in [7, 11) is -5.80. The van der Waals surface area contributed by atoms with E-state index in [0.717, 1.165) is 128 Å². The van der Waals surface area contributed by atoms with Gasteiger partial charge in [0.2, 0.25) is 0 Å². The molecule has 2 aliphatic heterocycles. The number of aliphatic hydroxyl groups is 9. The number of hydrogen-bond acceptors (Lipinski definition) is 24. The average molecular weight is 1710 g/mol. The summed E-state index contributed by atoms with van der Waals surface area (Å²) >= 11 is 0. The van der Waals surface area contributed by atoms with E-state index < -0.39 is 162 Å². The highest BCUT2D eigenvalue weighted by Crippen LogP contribution is 2.49. The Morgan fingerprint density at radius 3 is 1.01 bits per heavy atom. The highest BCUT2D eigenvalue weighted by atomic mass is 31.2. The van der Waals surface area contributed by atoms with Crippen molar-refractivity contribution in [2.45, 2.75) is 530 Å². The number of carbonyl (C=O) groups is 4. The number of phosphoric acid groups is 1. The van der Waals surface area contributed by atoms with Gasteiger partial charge in [0.25, 0.3) is 0 Å². The van der Waals surface area contributed by atoms with Gasteiger partial charge in [-0.1, -0.05) is 375 Å². The third-order valence-electron chi connectivity index (χ3n) is 24.0. The molecule has 3 fully saturated rings. The number of ether oxygens (including phenoxy) is 8. The summed E-state index contributed by atoms with van der Waals surface area (Å²) in [6.45, 7) is 7.97. The van der Waals surface area contributed by atoms with E-state index in [4.69, 9.17) is 46.9 Å². The van der Waals surface area contributed by atoms with Gasteiger partial charge in [-0.3, -0.25) is 28.2 Å². The molecule has 25 nitrogen and oxygen atoms in total. The van der Waals surface area contributed by atoms with Gasteiger partial charge in [-0.15, -0.1) is 0 Å². The molecule has 696 valence electrons. The van der Waals surface area contributed by atoms with E-state index in [-0.39, 0.29) is 25.7 Å². The molecule has 0 amide bonds. The summed E-state index contributed by atoms with van der Waals surface area (Å²) in [6, 6.07) is 0. The summed E-state index contributed by atoms with van der Waals surface area (Å²) in [5.74, 6) is -2.25. The van der Waals surface area contributed by atoms with Crippen molar-refractivity contribution in [2.24, 2.45) is 5.92 Å². The number of unbranched alkanes of at least 4 members (excludes halogenated alkanes) is 50. The minimum atomic E-state index is -5.80. The van der Waals surface area contributed by atoms with Crippen LogP contribution in [0.1, 0.15) is 426 Å². The van der Waals surface area contributed by atoms with E-state index in [1.165, 1.54) is 205 Å². The summed E-state index contributed by atoms with van der Waals surface area (Å²) in [6.07, 6.45) is 26.6. The molecule has 3 aliphatic rings. The number of esters is 4. The molecule has 0 spiro atoms. The second-order valence-electron chi connectivity index (χ2n) is 34.9. The highest BCUT2D eigenvalue weighted by Gasteiger charge is 2.60. The molecule has 26 heteroatoms. The van der Waals surface area contributed by atoms with Crippen molar-refractivity contribution < 1.29 is 122 Å². The first-order valence-electron chi connectivity index (χ1n) is 48.2. The van der Waals surface area contributed by atoms with Crippen LogP contribution in [0, 0.1) is 5.92 Å². The molecular weight excluding hydrogens is 1540 g/mol. The summed E-state index contributed by atoms with van der Waals surface area (Å²) < 4.78 is 73.5. The topological polar surface area (TPSA) is 380 Å². The van der Waals surface area contributed by atoms with Crippen LogP contribution in [0.3, 0.4) is 0 Å². The van der Waals surface area contributed by atoms with Gasteiger partial charge in [0.05, 0.1) is 13.2 Å². The van der Waals surface area contributed by atoms with Crippen LogP contribution in [0.15, 0.2) is 0 Å². The zero-order chi connectivity index (χ0) is 86.2. The zero-order valence-corrected chi connectivity index (χ0v) is 75.3.